The number of nitro benzene ring substituents is 2. The summed E-state index contributed by atoms with van der Waals surface area (Å²) in [6.07, 6.45) is 0.650. The van der Waals surface area contributed by atoms with Crippen molar-refractivity contribution >= 4 is 21.4 Å². The molecule has 0 atom stereocenters. The number of hydrogen-bond acceptors (Lipinski definition) is 7. The summed E-state index contributed by atoms with van der Waals surface area (Å²) in [5.41, 5.74) is 1.05. The van der Waals surface area contributed by atoms with Crippen LogP contribution in [0.1, 0.15) is 13.3 Å². The van der Waals surface area contributed by atoms with Gasteiger partial charge in [0.25, 0.3) is 21.4 Å². The highest BCUT2D eigenvalue weighted by Crippen LogP contribution is 2.25. The maximum Gasteiger partial charge on any atom is 0.277 e. The van der Waals surface area contributed by atoms with Gasteiger partial charge in [-0.15, -0.1) is 4.83 Å². The summed E-state index contributed by atoms with van der Waals surface area (Å²) in [5, 5.41) is 21.3. The van der Waals surface area contributed by atoms with Crippen LogP contribution in [-0.4, -0.2) is 24.8 Å². The molecule has 0 fully saturated rings. The number of hydrazine groups is 1. The molecule has 0 spiro atoms. The first-order valence-electron chi connectivity index (χ1n) is 5.46. The van der Waals surface area contributed by atoms with E-state index in [4.69, 9.17) is 0 Å². The highest BCUT2D eigenvalue weighted by atomic mass is 32.2. The van der Waals surface area contributed by atoms with E-state index >= 15 is 0 Å². The summed E-state index contributed by atoms with van der Waals surface area (Å²) < 4.78 is 23.7. The zero-order valence-corrected chi connectivity index (χ0v) is 11.2. The van der Waals surface area contributed by atoms with Gasteiger partial charge in [0, 0.05) is 18.7 Å². The molecule has 10 nitrogen and oxygen atoms in total. The molecule has 0 aliphatic carbocycles. The van der Waals surface area contributed by atoms with Crippen molar-refractivity contribution in [2.45, 2.75) is 18.2 Å². The normalized spacial score (nSPS) is 11.2. The van der Waals surface area contributed by atoms with Crippen molar-refractivity contribution in [1.82, 2.24) is 10.3 Å². The Morgan fingerprint density at radius 3 is 2.00 bits per heavy atom. The Hall–Kier alpha value is -2.11. The van der Waals surface area contributed by atoms with Gasteiger partial charge in [-0.05, 0) is 6.42 Å². The summed E-state index contributed by atoms with van der Waals surface area (Å²) in [4.78, 5) is 21.0. The van der Waals surface area contributed by atoms with Gasteiger partial charge in [0.2, 0.25) is 0 Å². The molecule has 0 heterocycles. The molecule has 0 saturated carbocycles. The molecule has 0 saturated heterocycles. The Labute approximate surface area is 114 Å². The van der Waals surface area contributed by atoms with E-state index in [1.807, 2.05) is 4.83 Å². The fourth-order valence-corrected chi connectivity index (χ4v) is 2.23. The number of sulfonamides is 1. The third-order valence-corrected chi connectivity index (χ3v) is 3.46. The lowest BCUT2D eigenvalue weighted by atomic mass is 10.3. The minimum absolute atomic E-state index is 0.344. The standard InChI is InChI=1S/C9H12N4O6S/c1-2-3-10-11-20(18,19)9-5-7(12(14)15)4-8(6-9)13(16)17/h4-6,10-11H,2-3H2,1H3. The summed E-state index contributed by atoms with van der Waals surface area (Å²) in [6, 6.07) is 2.20. The summed E-state index contributed by atoms with van der Waals surface area (Å²) in [6.45, 7) is 2.15. The van der Waals surface area contributed by atoms with Crippen molar-refractivity contribution in [2.75, 3.05) is 6.54 Å². The van der Waals surface area contributed by atoms with Crippen molar-refractivity contribution in [1.29, 1.82) is 0 Å². The van der Waals surface area contributed by atoms with Crippen molar-refractivity contribution in [2.24, 2.45) is 0 Å². The lowest BCUT2D eigenvalue weighted by Gasteiger charge is -2.07. The highest BCUT2D eigenvalue weighted by molar-refractivity contribution is 7.89. The SMILES string of the molecule is CCCNNS(=O)(=O)c1cc([N+](=O)[O-])cc([N+](=O)[O-])c1. The fraction of sp³-hybridized carbons (Fsp3) is 0.333. The quantitative estimate of drug-likeness (QED) is 0.428. The number of benzene rings is 1. The molecule has 0 aromatic heterocycles. The van der Waals surface area contributed by atoms with Crippen LogP contribution in [0.25, 0.3) is 0 Å². The summed E-state index contributed by atoms with van der Waals surface area (Å²) in [7, 11) is -4.11. The van der Waals surface area contributed by atoms with Gasteiger partial charge >= 0.3 is 0 Å². The van der Waals surface area contributed by atoms with E-state index in [1.54, 1.807) is 6.92 Å². The van der Waals surface area contributed by atoms with Crippen LogP contribution in [0.3, 0.4) is 0 Å². The van der Waals surface area contributed by atoms with E-state index in [0.717, 1.165) is 12.1 Å². The molecule has 1 aromatic rings. The highest BCUT2D eigenvalue weighted by Gasteiger charge is 2.23. The number of rotatable bonds is 7. The topological polar surface area (TPSA) is 144 Å². The Morgan fingerprint density at radius 1 is 1.10 bits per heavy atom. The molecular formula is C9H12N4O6S. The number of nitrogens with one attached hydrogen (secondary N) is 2. The smallest absolute Gasteiger partial charge is 0.258 e. The third kappa shape index (κ3) is 3.94. The largest absolute Gasteiger partial charge is 0.277 e. The van der Waals surface area contributed by atoms with Crippen LogP contribution in [0.2, 0.25) is 0 Å². The van der Waals surface area contributed by atoms with E-state index in [-0.39, 0.29) is 0 Å². The van der Waals surface area contributed by atoms with Gasteiger partial charge in [-0.25, -0.2) is 13.8 Å². The molecule has 1 aromatic carbocycles. The van der Waals surface area contributed by atoms with Gasteiger partial charge in [0.15, 0.2) is 0 Å². The molecule has 0 radical (unpaired) electrons. The van der Waals surface area contributed by atoms with Crippen molar-refractivity contribution in [3.63, 3.8) is 0 Å². The van der Waals surface area contributed by atoms with Crippen LogP contribution in [0.5, 0.6) is 0 Å². The third-order valence-electron chi connectivity index (χ3n) is 2.19. The Kier molecular flexibility index (Phi) is 5.07. The molecule has 1 rings (SSSR count). The second kappa shape index (κ2) is 6.36. The van der Waals surface area contributed by atoms with E-state index in [2.05, 4.69) is 5.43 Å². The summed E-state index contributed by atoms with van der Waals surface area (Å²) in [5.74, 6) is 0. The zero-order chi connectivity index (χ0) is 15.3. The first-order valence-corrected chi connectivity index (χ1v) is 6.94. The molecule has 0 aliphatic heterocycles. The lowest BCUT2D eigenvalue weighted by Crippen LogP contribution is -2.37. The molecule has 2 N–H and O–H groups in total. The second-order valence-corrected chi connectivity index (χ2v) is 5.41. The molecule has 0 amide bonds. The van der Waals surface area contributed by atoms with Crippen LogP contribution >= 0.6 is 0 Å². The van der Waals surface area contributed by atoms with Crippen LogP contribution in [-0.2, 0) is 10.0 Å². The molecular weight excluding hydrogens is 292 g/mol. The molecule has 110 valence electrons. The number of hydrogen-bond donors (Lipinski definition) is 2. The first kappa shape index (κ1) is 15.9. The maximum absolute atomic E-state index is 11.8. The van der Waals surface area contributed by atoms with E-state index < -0.39 is 36.1 Å². The minimum Gasteiger partial charge on any atom is -0.258 e. The Morgan fingerprint density at radius 2 is 1.60 bits per heavy atom. The fourth-order valence-electron chi connectivity index (χ4n) is 1.26. The number of nitrogens with zero attached hydrogens (tertiary/aromatic N) is 2. The average Bonchev–Trinajstić information content (AvgIpc) is 2.38. The summed E-state index contributed by atoms with van der Waals surface area (Å²) >= 11 is 0. The van der Waals surface area contributed by atoms with E-state index in [0.29, 0.717) is 19.0 Å². The average molecular weight is 304 g/mol. The van der Waals surface area contributed by atoms with Crippen LogP contribution in [0, 0.1) is 20.2 Å². The van der Waals surface area contributed by atoms with E-state index in [9.17, 15) is 28.6 Å². The van der Waals surface area contributed by atoms with Crippen molar-refractivity contribution in [3.8, 4) is 0 Å². The molecule has 0 unspecified atom stereocenters. The molecule has 20 heavy (non-hydrogen) atoms. The van der Waals surface area contributed by atoms with Gasteiger partial charge in [0.05, 0.1) is 20.8 Å². The molecule has 11 heteroatoms. The van der Waals surface area contributed by atoms with Gasteiger partial charge in [-0.1, -0.05) is 6.92 Å². The van der Waals surface area contributed by atoms with Crippen molar-refractivity contribution < 1.29 is 18.3 Å². The minimum atomic E-state index is -4.11. The predicted octanol–water partition coefficient (Wildman–Crippen LogP) is 0.696. The zero-order valence-electron chi connectivity index (χ0n) is 10.4. The Bertz CT molecular complexity index is 597. The first-order chi connectivity index (χ1) is 9.27. The molecule has 0 aliphatic rings. The number of nitro groups is 2. The van der Waals surface area contributed by atoms with E-state index in [1.165, 1.54) is 0 Å². The predicted molar refractivity (Wildman–Crippen MR) is 68.4 cm³/mol. The second-order valence-electron chi connectivity index (χ2n) is 3.73. The van der Waals surface area contributed by atoms with Gasteiger partial charge < -0.3 is 0 Å². The van der Waals surface area contributed by atoms with Crippen molar-refractivity contribution in [3.05, 3.63) is 38.4 Å². The van der Waals surface area contributed by atoms with Gasteiger partial charge in [-0.2, -0.15) is 0 Å². The Balaban J connectivity index is 3.22. The number of non-ortho nitro benzene ring substituents is 2. The molecule has 0 bridgehead atoms. The lowest BCUT2D eigenvalue weighted by molar-refractivity contribution is -0.394. The van der Waals surface area contributed by atoms with Crippen LogP contribution < -0.4 is 10.3 Å². The van der Waals surface area contributed by atoms with Gasteiger partial charge in [0.1, 0.15) is 0 Å². The van der Waals surface area contributed by atoms with Crippen LogP contribution in [0.4, 0.5) is 11.4 Å². The van der Waals surface area contributed by atoms with Crippen LogP contribution in [0.15, 0.2) is 23.1 Å². The van der Waals surface area contributed by atoms with Gasteiger partial charge in [-0.3, -0.25) is 20.2 Å². The maximum atomic E-state index is 11.8. The monoisotopic (exact) mass is 304 g/mol.